The third-order valence-corrected chi connectivity index (χ3v) is 4.64. The summed E-state index contributed by atoms with van der Waals surface area (Å²) >= 11 is 0. The third-order valence-electron chi connectivity index (χ3n) is 4.64. The van der Waals surface area contributed by atoms with E-state index in [2.05, 4.69) is 20.8 Å². The van der Waals surface area contributed by atoms with E-state index in [0.29, 0.717) is 24.5 Å². The van der Waals surface area contributed by atoms with Crippen LogP contribution in [0.4, 0.5) is 0 Å². The average Bonchev–Trinajstić information content (AvgIpc) is 2.36. The van der Waals surface area contributed by atoms with Crippen molar-refractivity contribution in [2.75, 3.05) is 13.2 Å². The highest BCUT2D eigenvalue weighted by molar-refractivity contribution is 4.87. The van der Waals surface area contributed by atoms with Crippen LogP contribution in [0.25, 0.3) is 0 Å². The van der Waals surface area contributed by atoms with Gasteiger partial charge in [-0.3, -0.25) is 0 Å². The van der Waals surface area contributed by atoms with Gasteiger partial charge in [0.25, 0.3) is 0 Å². The molecule has 114 valence electrons. The summed E-state index contributed by atoms with van der Waals surface area (Å²) in [6.07, 6.45) is 4.06. The molecule has 3 unspecified atom stereocenters. The van der Waals surface area contributed by atoms with Gasteiger partial charge in [-0.25, -0.2) is 0 Å². The van der Waals surface area contributed by atoms with E-state index < -0.39 is 0 Å². The molecule has 1 rings (SSSR count). The van der Waals surface area contributed by atoms with E-state index in [0.717, 1.165) is 19.3 Å². The molecule has 1 aliphatic rings. The van der Waals surface area contributed by atoms with Gasteiger partial charge in [0.1, 0.15) is 0 Å². The van der Waals surface area contributed by atoms with Crippen LogP contribution in [0, 0.1) is 11.3 Å². The van der Waals surface area contributed by atoms with Gasteiger partial charge in [0.05, 0.1) is 31.5 Å². The minimum Gasteiger partial charge on any atom is -0.390 e. The Morgan fingerprint density at radius 2 is 1.89 bits per heavy atom. The summed E-state index contributed by atoms with van der Waals surface area (Å²) in [6, 6.07) is 0. The van der Waals surface area contributed by atoms with Crippen LogP contribution in [-0.4, -0.2) is 36.6 Å². The van der Waals surface area contributed by atoms with Crippen molar-refractivity contribution in [3.8, 4) is 0 Å². The number of hydrogen-bond donors (Lipinski definition) is 1. The molecule has 0 amide bonds. The third kappa shape index (κ3) is 5.41. The quantitative estimate of drug-likeness (QED) is 0.722. The van der Waals surface area contributed by atoms with Crippen LogP contribution in [0.5, 0.6) is 0 Å². The zero-order chi connectivity index (χ0) is 14.5. The molecule has 1 N–H and O–H groups in total. The van der Waals surface area contributed by atoms with Crippen LogP contribution in [-0.2, 0) is 9.47 Å². The second kappa shape index (κ2) is 7.61. The lowest BCUT2D eigenvalue weighted by atomic mass is 9.68. The van der Waals surface area contributed by atoms with E-state index in [1.807, 2.05) is 13.8 Å². The maximum atomic E-state index is 10.1. The molecule has 0 saturated heterocycles. The molecule has 0 radical (unpaired) electrons. The fourth-order valence-electron chi connectivity index (χ4n) is 2.77. The van der Waals surface area contributed by atoms with Crippen molar-refractivity contribution in [1.29, 1.82) is 0 Å². The highest BCUT2D eigenvalue weighted by Gasteiger charge is 2.36. The lowest BCUT2D eigenvalue weighted by molar-refractivity contribution is -0.0997. The maximum Gasteiger partial charge on any atom is 0.0837 e. The molecule has 1 saturated carbocycles. The topological polar surface area (TPSA) is 38.7 Å². The fraction of sp³-hybridized carbons (Fsp3) is 1.00. The van der Waals surface area contributed by atoms with E-state index in [-0.39, 0.29) is 18.3 Å². The van der Waals surface area contributed by atoms with Gasteiger partial charge in [0, 0.05) is 0 Å². The van der Waals surface area contributed by atoms with Crippen molar-refractivity contribution >= 4 is 0 Å². The highest BCUT2D eigenvalue weighted by Crippen LogP contribution is 2.41. The summed E-state index contributed by atoms with van der Waals surface area (Å²) in [5.74, 6) is 0.650. The molecular weight excluding hydrogens is 240 g/mol. The number of hydrogen-bond acceptors (Lipinski definition) is 3. The summed E-state index contributed by atoms with van der Waals surface area (Å²) in [7, 11) is 0. The second-order valence-electron chi connectivity index (χ2n) is 6.75. The summed E-state index contributed by atoms with van der Waals surface area (Å²) in [5.41, 5.74) is 0.343. The molecule has 0 spiro atoms. The summed E-state index contributed by atoms with van der Waals surface area (Å²) in [6.45, 7) is 12.1. The van der Waals surface area contributed by atoms with E-state index in [4.69, 9.17) is 9.47 Å². The van der Waals surface area contributed by atoms with Crippen molar-refractivity contribution < 1.29 is 14.6 Å². The highest BCUT2D eigenvalue weighted by atomic mass is 16.5. The molecular formula is C16H32O3. The van der Waals surface area contributed by atoms with Crippen molar-refractivity contribution in [2.45, 2.75) is 78.6 Å². The smallest absolute Gasteiger partial charge is 0.0837 e. The number of aliphatic hydroxyl groups is 1. The van der Waals surface area contributed by atoms with Crippen LogP contribution >= 0.6 is 0 Å². The van der Waals surface area contributed by atoms with Crippen LogP contribution in [0.15, 0.2) is 0 Å². The number of ether oxygens (including phenoxy) is 2. The Hall–Kier alpha value is -0.120. The molecule has 0 aromatic carbocycles. The molecule has 0 aromatic rings. The van der Waals surface area contributed by atoms with Gasteiger partial charge in [-0.05, 0) is 44.4 Å². The molecule has 0 aliphatic heterocycles. The van der Waals surface area contributed by atoms with E-state index in [1.54, 1.807) is 0 Å². The maximum absolute atomic E-state index is 10.1. The Labute approximate surface area is 118 Å². The predicted octanol–water partition coefficient (Wildman–Crippen LogP) is 3.39. The zero-order valence-corrected chi connectivity index (χ0v) is 13.3. The van der Waals surface area contributed by atoms with E-state index >= 15 is 0 Å². The van der Waals surface area contributed by atoms with Gasteiger partial charge < -0.3 is 14.6 Å². The first kappa shape index (κ1) is 16.9. The first-order valence-electron chi connectivity index (χ1n) is 7.78. The number of aliphatic hydroxyl groups excluding tert-OH is 1. The molecule has 0 bridgehead atoms. The standard InChI is InChI=1S/C16H32O3/c1-6-16(4,5)13-7-8-14(17)15(11-13)19-10-9-18-12(2)3/h12-15,17H,6-11H2,1-5H3. The van der Waals surface area contributed by atoms with Crippen molar-refractivity contribution in [3.05, 3.63) is 0 Å². The van der Waals surface area contributed by atoms with Gasteiger partial charge in [-0.1, -0.05) is 27.2 Å². The van der Waals surface area contributed by atoms with Gasteiger partial charge in [0.2, 0.25) is 0 Å². The first-order valence-corrected chi connectivity index (χ1v) is 7.78. The van der Waals surface area contributed by atoms with Crippen LogP contribution < -0.4 is 0 Å². The minimum absolute atomic E-state index is 0.0136. The minimum atomic E-state index is -0.303. The summed E-state index contributed by atoms with van der Waals surface area (Å²) in [4.78, 5) is 0. The molecule has 0 heterocycles. The van der Waals surface area contributed by atoms with Crippen molar-refractivity contribution in [3.63, 3.8) is 0 Å². The molecule has 19 heavy (non-hydrogen) atoms. The molecule has 3 nitrogen and oxygen atoms in total. The Kier molecular flexibility index (Phi) is 6.78. The van der Waals surface area contributed by atoms with Crippen LogP contribution in [0.3, 0.4) is 0 Å². The SMILES string of the molecule is CCC(C)(C)C1CCC(O)C(OCCOC(C)C)C1. The van der Waals surface area contributed by atoms with Gasteiger partial charge in [0.15, 0.2) is 0 Å². The Morgan fingerprint density at radius 1 is 1.21 bits per heavy atom. The van der Waals surface area contributed by atoms with Gasteiger partial charge in [-0.2, -0.15) is 0 Å². The molecule has 0 aromatic heterocycles. The Balaban J connectivity index is 2.39. The second-order valence-corrected chi connectivity index (χ2v) is 6.75. The molecule has 3 heteroatoms. The summed E-state index contributed by atoms with van der Waals surface area (Å²) in [5, 5.41) is 10.1. The largest absolute Gasteiger partial charge is 0.390 e. The normalized spacial score (nSPS) is 28.9. The van der Waals surface area contributed by atoms with E-state index in [9.17, 15) is 5.11 Å². The van der Waals surface area contributed by atoms with Gasteiger partial charge in [-0.15, -0.1) is 0 Å². The van der Waals surface area contributed by atoms with Crippen molar-refractivity contribution in [2.24, 2.45) is 11.3 Å². The monoisotopic (exact) mass is 272 g/mol. The van der Waals surface area contributed by atoms with Crippen LogP contribution in [0.1, 0.15) is 60.3 Å². The molecule has 3 atom stereocenters. The number of rotatable bonds is 7. The Morgan fingerprint density at radius 3 is 2.47 bits per heavy atom. The van der Waals surface area contributed by atoms with E-state index in [1.165, 1.54) is 6.42 Å². The molecule has 1 fully saturated rings. The van der Waals surface area contributed by atoms with Gasteiger partial charge >= 0.3 is 0 Å². The first-order chi connectivity index (χ1) is 8.86. The lowest BCUT2D eigenvalue weighted by Crippen LogP contribution is -2.41. The fourth-order valence-corrected chi connectivity index (χ4v) is 2.77. The average molecular weight is 272 g/mol. The lowest BCUT2D eigenvalue weighted by Gasteiger charge is -2.41. The predicted molar refractivity (Wildman–Crippen MR) is 78.2 cm³/mol. The van der Waals surface area contributed by atoms with Crippen molar-refractivity contribution in [1.82, 2.24) is 0 Å². The van der Waals surface area contributed by atoms with Crippen LogP contribution in [0.2, 0.25) is 0 Å². The summed E-state index contributed by atoms with van der Waals surface area (Å²) < 4.78 is 11.3. The zero-order valence-electron chi connectivity index (χ0n) is 13.3. The Bertz CT molecular complexity index is 250. The molecule has 1 aliphatic carbocycles.